The molecule has 0 amide bonds. The molecule has 1 aromatic rings. The fourth-order valence-corrected chi connectivity index (χ4v) is 2.95. The van der Waals surface area contributed by atoms with Gasteiger partial charge in [0, 0.05) is 24.9 Å². The second-order valence-corrected chi connectivity index (χ2v) is 5.80. The molecule has 0 saturated heterocycles. The van der Waals surface area contributed by atoms with Gasteiger partial charge in [-0.05, 0) is 42.5 Å². The molecule has 0 aromatic heterocycles. The Morgan fingerprint density at radius 3 is 2.60 bits per heavy atom. The van der Waals surface area contributed by atoms with E-state index in [0.29, 0.717) is 6.04 Å². The third-order valence-corrected chi connectivity index (χ3v) is 4.18. The second-order valence-electron chi connectivity index (χ2n) is 5.80. The average molecular weight is 273 g/mol. The van der Waals surface area contributed by atoms with E-state index in [1.165, 1.54) is 37.4 Å². The van der Waals surface area contributed by atoms with Crippen molar-refractivity contribution in [1.29, 1.82) is 0 Å². The number of carbonyl (C=O) groups is 1. The zero-order chi connectivity index (χ0) is 14.5. The van der Waals surface area contributed by atoms with Gasteiger partial charge in [-0.15, -0.1) is 0 Å². The Balaban J connectivity index is 2.03. The van der Waals surface area contributed by atoms with Crippen molar-refractivity contribution in [3.63, 3.8) is 0 Å². The third-order valence-electron chi connectivity index (χ3n) is 4.18. The van der Waals surface area contributed by atoms with Crippen molar-refractivity contribution in [2.45, 2.75) is 38.6 Å². The van der Waals surface area contributed by atoms with Gasteiger partial charge >= 0.3 is 5.97 Å². The minimum absolute atomic E-state index is 0.624. The highest BCUT2D eigenvalue weighted by Crippen LogP contribution is 2.29. The van der Waals surface area contributed by atoms with Crippen molar-refractivity contribution < 1.29 is 9.90 Å². The molecule has 1 fully saturated rings. The molecular weight excluding hydrogens is 250 g/mol. The maximum absolute atomic E-state index is 10.5. The van der Waals surface area contributed by atoms with Gasteiger partial charge in [0.1, 0.15) is 0 Å². The quantitative estimate of drug-likeness (QED) is 0.848. The highest BCUT2D eigenvalue weighted by molar-refractivity contribution is 5.85. The molecular formula is C17H23NO2. The number of benzene rings is 1. The van der Waals surface area contributed by atoms with Crippen molar-refractivity contribution in [2.24, 2.45) is 5.92 Å². The van der Waals surface area contributed by atoms with Crippen LogP contribution in [0.1, 0.15) is 38.2 Å². The van der Waals surface area contributed by atoms with Gasteiger partial charge < -0.3 is 10.0 Å². The summed E-state index contributed by atoms with van der Waals surface area (Å²) in [7, 11) is 2.16. The molecule has 3 heteroatoms. The number of carboxylic acids is 1. The molecule has 1 aliphatic carbocycles. The first-order valence-electron chi connectivity index (χ1n) is 7.30. The van der Waals surface area contributed by atoms with Crippen molar-refractivity contribution in [2.75, 3.05) is 11.9 Å². The number of aliphatic carboxylic acids is 1. The smallest absolute Gasteiger partial charge is 0.328 e. The van der Waals surface area contributed by atoms with Gasteiger partial charge in [-0.1, -0.05) is 31.9 Å². The summed E-state index contributed by atoms with van der Waals surface area (Å²) in [5.41, 5.74) is 2.12. The molecule has 0 spiro atoms. The summed E-state index contributed by atoms with van der Waals surface area (Å²) in [5, 5.41) is 8.62. The largest absolute Gasteiger partial charge is 0.478 e. The van der Waals surface area contributed by atoms with Crippen LogP contribution >= 0.6 is 0 Å². The van der Waals surface area contributed by atoms with E-state index in [1.807, 2.05) is 12.1 Å². The molecule has 108 valence electrons. The molecule has 1 saturated carbocycles. The number of rotatable bonds is 4. The Labute approximate surface area is 120 Å². The van der Waals surface area contributed by atoms with E-state index >= 15 is 0 Å². The molecule has 0 aliphatic heterocycles. The van der Waals surface area contributed by atoms with Gasteiger partial charge in [0.2, 0.25) is 0 Å². The molecule has 2 unspecified atom stereocenters. The summed E-state index contributed by atoms with van der Waals surface area (Å²) in [6.07, 6.45) is 7.98. The molecule has 1 aromatic carbocycles. The lowest BCUT2D eigenvalue weighted by Crippen LogP contribution is -2.35. The summed E-state index contributed by atoms with van der Waals surface area (Å²) < 4.78 is 0. The molecule has 20 heavy (non-hydrogen) atoms. The second kappa shape index (κ2) is 6.60. The monoisotopic (exact) mass is 273 g/mol. The Kier molecular flexibility index (Phi) is 4.83. The molecule has 1 aliphatic rings. The predicted molar refractivity (Wildman–Crippen MR) is 82.9 cm³/mol. The van der Waals surface area contributed by atoms with Gasteiger partial charge in [-0.2, -0.15) is 0 Å². The zero-order valence-electron chi connectivity index (χ0n) is 12.2. The number of nitrogens with zero attached hydrogens (tertiary/aromatic N) is 1. The first-order chi connectivity index (χ1) is 9.56. The van der Waals surface area contributed by atoms with Gasteiger partial charge in [-0.25, -0.2) is 4.79 Å². The van der Waals surface area contributed by atoms with E-state index in [-0.39, 0.29) is 0 Å². The number of hydrogen-bond donors (Lipinski definition) is 1. The Hall–Kier alpha value is -1.77. The van der Waals surface area contributed by atoms with Crippen LogP contribution in [0, 0.1) is 5.92 Å². The normalized spacial score (nSPS) is 22.9. The van der Waals surface area contributed by atoms with Crippen LogP contribution in [0.3, 0.4) is 0 Å². The number of hydrogen-bond acceptors (Lipinski definition) is 2. The average Bonchev–Trinajstić information content (AvgIpc) is 2.45. The minimum atomic E-state index is -0.914. The van der Waals surface area contributed by atoms with Gasteiger partial charge in [0.15, 0.2) is 0 Å². The van der Waals surface area contributed by atoms with E-state index in [2.05, 4.69) is 31.0 Å². The van der Waals surface area contributed by atoms with Crippen LogP contribution in [0.4, 0.5) is 5.69 Å². The molecule has 0 heterocycles. The van der Waals surface area contributed by atoms with Crippen molar-refractivity contribution in [3.05, 3.63) is 35.9 Å². The van der Waals surface area contributed by atoms with Crippen LogP contribution in [0.25, 0.3) is 6.08 Å². The number of anilines is 1. The van der Waals surface area contributed by atoms with Crippen LogP contribution in [-0.2, 0) is 4.79 Å². The van der Waals surface area contributed by atoms with Crippen molar-refractivity contribution in [3.8, 4) is 0 Å². The fourth-order valence-electron chi connectivity index (χ4n) is 2.95. The third kappa shape index (κ3) is 3.86. The zero-order valence-corrected chi connectivity index (χ0v) is 12.2. The molecule has 0 radical (unpaired) electrons. The lowest BCUT2D eigenvalue weighted by atomic mass is 9.86. The lowest BCUT2D eigenvalue weighted by Gasteiger charge is -2.35. The van der Waals surface area contributed by atoms with E-state index in [0.717, 1.165) is 11.5 Å². The summed E-state index contributed by atoms with van der Waals surface area (Å²) in [6, 6.07) is 8.70. The fraction of sp³-hybridized carbons (Fsp3) is 0.471. The van der Waals surface area contributed by atoms with Crippen LogP contribution in [0.15, 0.2) is 30.3 Å². The Morgan fingerprint density at radius 1 is 1.30 bits per heavy atom. The molecule has 1 N–H and O–H groups in total. The Bertz CT molecular complexity index is 478. The standard InChI is InChI=1S/C17H23NO2/c1-13-4-3-5-16(12-13)18(2)15-9-6-14(7-10-15)8-11-17(19)20/h6-11,13,16H,3-5,12H2,1-2H3,(H,19,20). The van der Waals surface area contributed by atoms with Gasteiger partial charge in [0.05, 0.1) is 0 Å². The topological polar surface area (TPSA) is 40.5 Å². The minimum Gasteiger partial charge on any atom is -0.478 e. The predicted octanol–water partition coefficient (Wildman–Crippen LogP) is 3.80. The van der Waals surface area contributed by atoms with E-state index in [9.17, 15) is 4.79 Å². The summed E-state index contributed by atoms with van der Waals surface area (Å²) in [4.78, 5) is 12.9. The first-order valence-corrected chi connectivity index (χ1v) is 7.30. The van der Waals surface area contributed by atoms with Crippen LogP contribution in [0.2, 0.25) is 0 Å². The van der Waals surface area contributed by atoms with Crippen LogP contribution in [0.5, 0.6) is 0 Å². The Morgan fingerprint density at radius 2 is 2.00 bits per heavy atom. The lowest BCUT2D eigenvalue weighted by molar-refractivity contribution is -0.131. The maximum atomic E-state index is 10.5. The SMILES string of the molecule is CC1CCCC(N(C)c2ccc(C=CC(=O)O)cc2)C1. The maximum Gasteiger partial charge on any atom is 0.328 e. The van der Waals surface area contributed by atoms with Crippen LogP contribution < -0.4 is 4.90 Å². The summed E-state index contributed by atoms with van der Waals surface area (Å²) in [5.74, 6) is -0.101. The van der Waals surface area contributed by atoms with Crippen LogP contribution in [-0.4, -0.2) is 24.2 Å². The van der Waals surface area contributed by atoms with E-state index < -0.39 is 5.97 Å². The summed E-state index contributed by atoms with van der Waals surface area (Å²) >= 11 is 0. The van der Waals surface area contributed by atoms with E-state index in [1.54, 1.807) is 6.08 Å². The molecule has 3 nitrogen and oxygen atoms in total. The van der Waals surface area contributed by atoms with Gasteiger partial charge in [0.25, 0.3) is 0 Å². The van der Waals surface area contributed by atoms with Crippen molar-refractivity contribution >= 4 is 17.7 Å². The number of carboxylic acid groups (broad SMARTS) is 1. The summed E-state index contributed by atoms with van der Waals surface area (Å²) in [6.45, 7) is 2.33. The highest BCUT2D eigenvalue weighted by Gasteiger charge is 2.22. The molecule has 2 atom stereocenters. The highest BCUT2D eigenvalue weighted by atomic mass is 16.4. The molecule has 0 bridgehead atoms. The van der Waals surface area contributed by atoms with Crippen molar-refractivity contribution in [1.82, 2.24) is 0 Å². The first kappa shape index (κ1) is 14.6. The van der Waals surface area contributed by atoms with E-state index in [4.69, 9.17) is 5.11 Å². The molecule has 2 rings (SSSR count). The van der Waals surface area contributed by atoms with Gasteiger partial charge in [-0.3, -0.25) is 0 Å².